The van der Waals surface area contributed by atoms with Crippen LogP contribution in [0.1, 0.15) is 94.2 Å². The highest BCUT2D eigenvalue weighted by molar-refractivity contribution is 5.37. The number of allylic oxidation sites excluding steroid dienone is 2. The number of hydrogen-bond acceptors (Lipinski definition) is 1. The molecule has 0 amide bonds. The summed E-state index contributed by atoms with van der Waals surface area (Å²) < 4.78 is 0. The Hall–Kier alpha value is -2.02. The summed E-state index contributed by atoms with van der Waals surface area (Å²) in [5.41, 5.74) is 4.99. The number of hydrogen-bond donors (Lipinski definition) is 1. The first-order valence-electron chi connectivity index (χ1n) is 14.6. The molecule has 2 spiro atoms. The van der Waals surface area contributed by atoms with Gasteiger partial charge in [0.25, 0.3) is 0 Å². The average molecular weight is 469 g/mol. The van der Waals surface area contributed by atoms with Crippen LogP contribution in [0.15, 0.2) is 60.7 Å². The summed E-state index contributed by atoms with van der Waals surface area (Å²) >= 11 is 0. The minimum absolute atomic E-state index is 0.445. The molecule has 6 rings (SSSR count). The molecule has 2 aromatic rings. The van der Waals surface area contributed by atoms with Gasteiger partial charge in [-0.15, -0.1) is 0 Å². The van der Waals surface area contributed by atoms with E-state index < -0.39 is 0 Å². The van der Waals surface area contributed by atoms with Crippen LogP contribution < -0.4 is 0 Å². The fraction of sp³-hybridized carbons (Fsp3) is 0.588. The molecule has 0 heterocycles. The Kier molecular flexibility index (Phi) is 6.32. The van der Waals surface area contributed by atoms with Crippen LogP contribution in [0.4, 0.5) is 0 Å². The van der Waals surface area contributed by atoms with E-state index in [9.17, 15) is 5.11 Å². The number of phenolic OH excluding ortho intramolecular Hbond substituents is 1. The molecule has 0 radical (unpaired) electrons. The fourth-order valence-electron chi connectivity index (χ4n) is 9.31. The topological polar surface area (TPSA) is 20.2 Å². The van der Waals surface area contributed by atoms with Crippen LogP contribution in [0, 0.1) is 34.5 Å². The van der Waals surface area contributed by atoms with E-state index in [1.54, 1.807) is 0 Å². The van der Waals surface area contributed by atoms with Gasteiger partial charge in [-0.2, -0.15) is 0 Å². The minimum atomic E-state index is 0.445. The summed E-state index contributed by atoms with van der Waals surface area (Å²) in [6, 6.07) is 17.1. The van der Waals surface area contributed by atoms with Crippen molar-refractivity contribution >= 4 is 0 Å². The lowest BCUT2D eigenvalue weighted by Crippen LogP contribution is -2.49. The molecule has 0 aromatic heterocycles. The Morgan fingerprint density at radius 1 is 0.857 bits per heavy atom. The van der Waals surface area contributed by atoms with E-state index in [0.29, 0.717) is 16.6 Å². The van der Waals surface area contributed by atoms with Crippen molar-refractivity contribution in [2.24, 2.45) is 34.5 Å². The molecule has 186 valence electrons. The second-order valence-corrected chi connectivity index (χ2v) is 13.1. The van der Waals surface area contributed by atoms with Crippen molar-refractivity contribution in [2.45, 2.75) is 90.4 Å². The van der Waals surface area contributed by atoms with Crippen molar-refractivity contribution in [2.75, 3.05) is 0 Å². The number of rotatable bonds is 4. The van der Waals surface area contributed by atoms with Gasteiger partial charge in [0, 0.05) is 0 Å². The zero-order valence-corrected chi connectivity index (χ0v) is 21.7. The Balaban J connectivity index is 1.30. The smallest absolute Gasteiger partial charge is 0.116 e. The molecular formula is C34H44O. The maximum absolute atomic E-state index is 10.7. The molecule has 3 fully saturated rings. The van der Waals surface area contributed by atoms with E-state index in [4.69, 9.17) is 0 Å². The fourth-order valence-corrected chi connectivity index (χ4v) is 9.31. The zero-order chi connectivity index (χ0) is 23.9. The van der Waals surface area contributed by atoms with Crippen LogP contribution in [-0.2, 0) is 12.8 Å². The quantitative estimate of drug-likeness (QED) is 0.444. The summed E-state index contributed by atoms with van der Waals surface area (Å²) in [6.07, 6.45) is 23.0. The third-order valence-electron chi connectivity index (χ3n) is 10.6. The van der Waals surface area contributed by atoms with Crippen molar-refractivity contribution in [3.8, 4) is 5.75 Å². The van der Waals surface area contributed by atoms with Gasteiger partial charge in [-0.3, -0.25) is 0 Å². The lowest BCUT2D eigenvalue weighted by molar-refractivity contribution is -0.0597. The van der Waals surface area contributed by atoms with Crippen LogP contribution in [-0.4, -0.2) is 5.11 Å². The second-order valence-electron chi connectivity index (χ2n) is 13.1. The summed E-state index contributed by atoms with van der Waals surface area (Å²) in [7, 11) is 0. The number of aromatic hydroxyl groups is 1. The SMILES string of the molecule is CC1CC=CC2(CCCC3C(Cc4cc(O)cc(Cc5ccccc5)c4)CC4(CCCC4)CC32)C1. The molecule has 4 aliphatic carbocycles. The molecule has 5 atom stereocenters. The molecule has 1 N–H and O–H groups in total. The molecule has 0 saturated heterocycles. The molecule has 3 saturated carbocycles. The molecule has 1 heteroatoms. The lowest BCUT2D eigenvalue weighted by atomic mass is 9.47. The van der Waals surface area contributed by atoms with E-state index >= 15 is 0 Å². The van der Waals surface area contributed by atoms with Crippen molar-refractivity contribution in [3.05, 3.63) is 77.4 Å². The Morgan fingerprint density at radius 3 is 2.46 bits per heavy atom. The third-order valence-corrected chi connectivity index (χ3v) is 10.6. The van der Waals surface area contributed by atoms with Gasteiger partial charge in [0.2, 0.25) is 0 Å². The summed E-state index contributed by atoms with van der Waals surface area (Å²) in [6.45, 7) is 2.49. The van der Waals surface area contributed by atoms with E-state index in [2.05, 4.69) is 61.5 Å². The molecule has 2 aromatic carbocycles. The molecule has 4 aliphatic rings. The first-order chi connectivity index (χ1) is 17.0. The van der Waals surface area contributed by atoms with Gasteiger partial charge in [0.05, 0.1) is 0 Å². The number of fused-ring (bicyclic) bond motifs is 2. The number of phenols is 1. The van der Waals surface area contributed by atoms with Crippen LogP contribution >= 0.6 is 0 Å². The van der Waals surface area contributed by atoms with E-state index in [-0.39, 0.29) is 0 Å². The largest absolute Gasteiger partial charge is 0.508 e. The summed E-state index contributed by atoms with van der Waals surface area (Å²) in [5.74, 6) is 3.77. The highest BCUT2D eigenvalue weighted by atomic mass is 16.3. The van der Waals surface area contributed by atoms with Crippen molar-refractivity contribution in [1.82, 2.24) is 0 Å². The molecule has 5 unspecified atom stereocenters. The Morgan fingerprint density at radius 2 is 1.66 bits per heavy atom. The maximum Gasteiger partial charge on any atom is 0.116 e. The van der Waals surface area contributed by atoms with Gasteiger partial charge >= 0.3 is 0 Å². The van der Waals surface area contributed by atoms with Gasteiger partial charge in [0.1, 0.15) is 5.75 Å². The monoisotopic (exact) mass is 468 g/mol. The van der Waals surface area contributed by atoms with Gasteiger partial charge in [-0.1, -0.05) is 74.7 Å². The molecule has 1 nitrogen and oxygen atoms in total. The number of benzene rings is 2. The third kappa shape index (κ3) is 4.73. The van der Waals surface area contributed by atoms with Gasteiger partial charge < -0.3 is 5.11 Å². The molecular weight excluding hydrogens is 424 g/mol. The second kappa shape index (κ2) is 9.45. The van der Waals surface area contributed by atoms with Crippen molar-refractivity contribution < 1.29 is 5.11 Å². The van der Waals surface area contributed by atoms with Gasteiger partial charge in [0.15, 0.2) is 0 Å². The van der Waals surface area contributed by atoms with Gasteiger partial charge in [-0.25, -0.2) is 0 Å². The predicted octanol–water partition coefficient (Wildman–Crippen LogP) is 8.88. The predicted molar refractivity (Wildman–Crippen MR) is 145 cm³/mol. The van der Waals surface area contributed by atoms with E-state index in [1.165, 1.54) is 87.3 Å². The summed E-state index contributed by atoms with van der Waals surface area (Å²) in [5, 5.41) is 10.7. The minimum Gasteiger partial charge on any atom is -0.508 e. The summed E-state index contributed by atoms with van der Waals surface area (Å²) in [4.78, 5) is 0. The molecule has 0 aliphatic heterocycles. The lowest BCUT2D eigenvalue weighted by Gasteiger charge is -2.58. The normalized spacial score (nSPS) is 33.7. The Labute approximate surface area is 213 Å². The maximum atomic E-state index is 10.7. The van der Waals surface area contributed by atoms with Crippen LogP contribution in [0.2, 0.25) is 0 Å². The van der Waals surface area contributed by atoms with Crippen molar-refractivity contribution in [3.63, 3.8) is 0 Å². The molecule has 0 bridgehead atoms. The zero-order valence-electron chi connectivity index (χ0n) is 21.7. The van der Waals surface area contributed by atoms with Crippen LogP contribution in [0.3, 0.4) is 0 Å². The highest BCUT2D eigenvalue weighted by Gasteiger charge is 2.54. The van der Waals surface area contributed by atoms with E-state index in [0.717, 1.165) is 36.5 Å². The van der Waals surface area contributed by atoms with Crippen molar-refractivity contribution in [1.29, 1.82) is 0 Å². The Bertz CT molecular complexity index is 1050. The van der Waals surface area contributed by atoms with E-state index in [1.807, 2.05) is 6.07 Å². The highest BCUT2D eigenvalue weighted by Crippen LogP contribution is 2.64. The first kappa shape index (κ1) is 23.4. The van der Waals surface area contributed by atoms with Crippen LogP contribution in [0.5, 0.6) is 5.75 Å². The van der Waals surface area contributed by atoms with Gasteiger partial charge in [-0.05, 0) is 128 Å². The first-order valence-corrected chi connectivity index (χ1v) is 14.6. The molecule has 35 heavy (non-hydrogen) atoms. The van der Waals surface area contributed by atoms with Crippen LogP contribution in [0.25, 0.3) is 0 Å². The average Bonchev–Trinajstić information content (AvgIpc) is 3.28. The standard InChI is InChI=1S/C34H44O/c1-25-9-7-15-34(22-25)16-8-12-31-29(23-33(24-32(31)34)13-5-6-14-33)19-28-18-27(20-30(35)21-28)17-26-10-3-2-4-11-26/h2-4,7,10-11,15,18,20-21,25,29,31-32,35H,5-6,8-9,12-14,16-17,19,22-24H2,1H3.